The lowest BCUT2D eigenvalue weighted by molar-refractivity contribution is 0.0165. The fraction of sp³-hybridized carbons (Fsp3) is 0.455. The SMILES string of the molecule is CC1(c2cccc(Br)c2)CC(F)(F)CN1.Cl. The normalized spacial score (nSPS) is 27.5. The van der Waals surface area contributed by atoms with Crippen LogP contribution < -0.4 is 5.32 Å². The van der Waals surface area contributed by atoms with Gasteiger partial charge in [0.1, 0.15) is 0 Å². The number of hydrogen-bond donors (Lipinski definition) is 1. The van der Waals surface area contributed by atoms with E-state index < -0.39 is 11.5 Å². The van der Waals surface area contributed by atoms with Crippen molar-refractivity contribution in [2.24, 2.45) is 0 Å². The van der Waals surface area contributed by atoms with Crippen molar-refractivity contribution in [3.8, 4) is 0 Å². The van der Waals surface area contributed by atoms with Crippen LogP contribution in [0.15, 0.2) is 28.7 Å². The smallest absolute Gasteiger partial charge is 0.262 e. The summed E-state index contributed by atoms with van der Waals surface area (Å²) in [5.74, 6) is -2.60. The predicted octanol–water partition coefficient (Wildman–Crippen LogP) is 3.71. The van der Waals surface area contributed by atoms with Crippen molar-refractivity contribution in [1.29, 1.82) is 0 Å². The standard InChI is InChI=1S/C11H12BrF2N.ClH/c1-10(6-11(13,14)7-15-10)8-3-2-4-9(12)5-8;/h2-5,15H,6-7H2,1H3;1H. The monoisotopic (exact) mass is 311 g/mol. The van der Waals surface area contributed by atoms with Gasteiger partial charge in [0, 0.05) is 16.4 Å². The highest BCUT2D eigenvalue weighted by Crippen LogP contribution is 2.39. The minimum Gasteiger partial charge on any atom is -0.302 e. The zero-order valence-corrected chi connectivity index (χ0v) is 11.2. The highest BCUT2D eigenvalue weighted by atomic mass is 79.9. The Morgan fingerprint density at radius 1 is 1.38 bits per heavy atom. The van der Waals surface area contributed by atoms with Gasteiger partial charge in [0.25, 0.3) is 5.92 Å². The summed E-state index contributed by atoms with van der Waals surface area (Å²) in [6, 6.07) is 7.51. The van der Waals surface area contributed by atoms with Crippen LogP contribution >= 0.6 is 28.3 Å². The quantitative estimate of drug-likeness (QED) is 0.833. The molecule has 1 aromatic carbocycles. The molecule has 0 aromatic heterocycles. The fourth-order valence-electron chi connectivity index (χ4n) is 2.00. The Morgan fingerprint density at radius 2 is 2.06 bits per heavy atom. The second-order valence-electron chi connectivity index (χ2n) is 4.23. The Balaban J connectivity index is 0.00000128. The maximum absolute atomic E-state index is 13.2. The number of halogens is 4. The number of hydrogen-bond acceptors (Lipinski definition) is 1. The first-order valence-electron chi connectivity index (χ1n) is 4.80. The second kappa shape index (κ2) is 4.59. The lowest BCUT2D eigenvalue weighted by Gasteiger charge is -2.24. The van der Waals surface area contributed by atoms with Crippen molar-refractivity contribution in [1.82, 2.24) is 5.32 Å². The number of rotatable bonds is 1. The van der Waals surface area contributed by atoms with Gasteiger partial charge in [0.15, 0.2) is 0 Å². The molecule has 1 nitrogen and oxygen atoms in total. The Kier molecular flexibility index (Phi) is 3.98. The molecule has 1 atom stereocenters. The van der Waals surface area contributed by atoms with Crippen molar-refractivity contribution in [3.05, 3.63) is 34.3 Å². The second-order valence-corrected chi connectivity index (χ2v) is 5.14. The van der Waals surface area contributed by atoms with E-state index in [1.165, 1.54) is 0 Å². The molecule has 1 heterocycles. The molecule has 1 aliphatic rings. The van der Waals surface area contributed by atoms with E-state index in [-0.39, 0.29) is 25.4 Å². The Morgan fingerprint density at radius 3 is 2.56 bits per heavy atom. The van der Waals surface area contributed by atoms with Crippen LogP contribution in [0.25, 0.3) is 0 Å². The van der Waals surface area contributed by atoms with Crippen LogP contribution in [-0.4, -0.2) is 12.5 Å². The molecule has 1 fully saturated rings. The van der Waals surface area contributed by atoms with Crippen molar-refractivity contribution >= 4 is 28.3 Å². The van der Waals surface area contributed by atoms with Gasteiger partial charge in [-0.25, -0.2) is 8.78 Å². The molecule has 0 bridgehead atoms. The van der Waals surface area contributed by atoms with Gasteiger partial charge < -0.3 is 5.32 Å². The summed E-state index contributed by atoms with van der Waals surface area (Å²) in [7, 11) is 0. The van der Waals surface area contributed by atoms with Crippen LogP contribution in [0, 0.1) is 0 Å². The van der Waals surface area contributed by atoms with Crippen molar-refractivity contribution in [2.75, 3.05) is 6.54 Å². The zero-order chi connectivity index (χ0) is 11.1. The summed E-state index contributed by atoms with van der Waals surface area (Å²) in [5, 5.41) is 2.90. The molecule has 1 unspecified atom stereocenters. The van der Waals surface area contributed by atoms with Gasteiger partial charge in [0.2, 0.25) is 0 Å². The average Bonchev–Trinajstić information content (AvgIpc) is 2.42. The third-order valence-corrected chi connectivity index (χ3v) is 3.30. The van der Waals surface area contributed by atoms with E-state index in [1.54, 1.807) is 0 Å². The predicted molar refractivity (Wildman–Crippen MR) is 66.3 cm³/mol. The van der Waals surface area contributed by atoms with E-state index in [4.69, 9.17) is 0 Å². The van der Waals surface area contributed by atoms with Gasteiger partial charge in [-0.05, 0) is 24.6 Å². The third-order valence-electron chi connectivity index (χ3n) is 2.81. The van der Waals surface area contributed by atoms with E-state index >= 15 is 0 Å². The first-order chi connectivity index (χ1) is 6.91. The zero-order valence-electron chi connectivity index (χ0n) is 8.77. The van der Waals surface area contributed by atoms with Gasteiger partial charge in [-0.1, -0.05) is 28.1 Å². The van der Waals surface area contributed by atoms with Crippen LogP contribution in [0.5, 0.6) is 0 Å². The Labute approximate surface area is 108 Å². The van der Waals surface area contributed by atoms with Gasteiger partial charge in [0.05, 0.1) is 6.54 Å². The summed E-state index contributed by atoms with van der Waals surface area (Å²) in [4.78, 5) is 0. The summed E-state index contributed by atoms with van der Waals surface area (Å²) in [6.45, 7) is 1.58. The average molecular weight is 313 g/mol. The molecule has 5 heteroatoms. The Hall–Kier alpha value is -0.190. The highest BCUT2D eigenvalue weighted by Gasteiger charge is 2.47. The Bertz CT molecular complexity index is 386. The van der Waals surface area contributed by atoms with Crippen molar-refractivity contribution < 1.29 is 8.78 Å². The molecular weight excluding hydrogens is 299 g/mol. The van der Waals surface area contributed by atoms with E-state index in [9.17, 15) is 8.78 Å². The summed E-state index contributed by atoms with van der Waals surface area (Å²) in [5.41, 5.74) is 0.279. The van der Waals surface area contributed by atoms with E-state index in [2.05, 4.69) is 21.2 Å². The lowest BCUT2D eigenvalue weighted by atomic mass is 9.90. The van der Waals surface area contributed by atoms with Gasteiger partial charge >= 0.3 is 0 Å². The first kappa shape index (κ1) is 13.9. The fourth-order valence-corrected chi connectivity index (χ4v) is 2.40. The molecule has 1 N–H and O–H groups in total. The van der Waals surface area contributed by atoms with E-state index in [1.807, 2.05) is 31.2 Å². The lowest BCUT2D eigenvalue weighted by Crippen LogP contribution is -2.32. The number of benzene rings is 1. The molecule has 1 saturated heterocycles. The van der Waals surface area contributed by atoms with Crippen LogP contribution in [0.3, 0.4) is 0 Å². The van der Waals surface area contributed by atoms with Crippen molar-refractivity contribution in [2.45, 2.75) is 24.8 Å². The van der Waals surface area contributed by atoms with E-state index in [0.717, 1.165) is 10.0 Å². The summed E-state index contributed by atoms with van der Waals surface area (Å²) >= 11 is 3.35. The molecule has 0 radical (unpaired) electrons. The van der Waals surface area contributed by atoms with Gasteiger partial charge in [-0.2, -0.15) is 0 Å². The maximum Gasteiger partial charge on any atom is 0.262 e. The van der Waals surface area contributed by atoms with Crippen LogP contribution in [0.4, 0.5) is 8.78 Å². The van der Waals surface area contributed by atoms with Gasteiger partial charge in [-0.3, -0.25) is 0 Å². The van der Waals surface area contributed by atoms with E-state index in [0.29, 0.717) is 0 Å². The minimum atomic E-state index is -2.60. The number of alkyl halides is 2. The summed E-state index contributed by atoms with van der Waals surface area (Å²) in [6.07, 6.45) is -0.142. The molecule has 1 aromatic rings. The van der Waals surface area contributed by atoms with Crippen LogP contribution in [0.1, 0.15) is 18.9 Å². The van der Waals surface area contributed by atoms with Crippen LogP contribution in [-0.2, 0) is 5.54 Å². The molecule has 1 aliphatic heterocycles. The highest BCUT2D eigenvalue weighted by molar-refractivity contribution is 9.10. The topological polar surface area (TPSA) is 12.0 Å². The number of nitrogens with one attached hydrogen (secondary N) is 1. The largest absolute Gasteiger partial charge is 0.302 e. The molecule has 16 heavy (non-hydrogen) atoms. The molecular formula is C11H13BrClF2N. The van der Waals surface area contributed by atoms with Crippen LogP contribution in [0.2, 0.25) is 0 Å². The minimum absolute atomic E-state index is 0. The van der Waals surface area contributed by atoms with Gasteiger partial charge in [-0.15, -0.1) is 12.4 Å². The third kappa shape index (κ3) is 2.73. The first-order valence-corrected chi connectivity index (χ1v) is 5.60. The molecule has 0 amide bonds. The molecule has 0 aliphatic carbocycles. The van der Waals surface area contributed by atoms with Crippen molar-refractivity contribution in [3.63, 3.8) is 0 Å². The molecule has 0 saturated carbocycles. The maximum atomic E-state index is 13.2. The summed E-state index contributed by atoms with van der Waals surface area (Å²) < 4.78 is 27.2. The molecule has 0 spiro atoms. The molecule has 2 rings (SSSR count). The molecule has 90 valence electrons.